The number of allylic oxidation sites excluding steroid dienone is 1. The summed E-state index contributed by atoms with van der Waals surface area (Å²) in [5, 5.41) is 0. The van der Waals surface area contributed by atoms with Crippen LogP contribution in [0.3, 0.4) is 0 Å². The molecule has 1 saturated carbocycles. The molecule has 3 rings (SSSR count). The third-order valence-corrected chi connectivity index (χ3v) is 4.88. The second-order valence-corrected chi connectivity index (χ2v) is 6.54. The largest absolute Gasteiger partial charge is 0.297 e. The fraction of sp³-hybridized carbons (Fsp3) is 0.429. The van der Waals surface area contributed by atoms with Gasteiger partial charge in [-0.2, -0.15) is 8.42 Å². The Balaban J connectivity index is 1.83. The highest BCUT2D eigenvalue weighted by molar-refractivity contribution is 7.86. The van der Waals surface area contributed by atoms with Crippen LogP contribution in [0.4, 0.5) is 0 Å². The highest BCUT2D eigenvalue weighted by Crippen LogP contribution is 2.41. The number of hydrogen-bond acceptors (Lipinski definition) is 3. The first-order valence-electron chi connectivity index (χ1n) is 6.66. The zero-order valence-corrected chi connectivity index (χ0v) is 10.9. The molecule has 0 heterocycles. The van der Waals surface area contributed by atoms with Gasteiger partial charge in [-0.05, 0) is 37.8 Å². The van der Waals surface area contributed by atoms with Crippen LogP contribution in [0.5, 0.6) is 0 Å². The third kappa shape index (κ3) is 2.10. The molecule has 0 radical (unpaired) electrons. The minimum Gasteiger partial charge on any atom is -0.262 e. The van der Waals surface area contributed by atoms with Gasteiger partial charge in [-0.1, -0.05) is 29.8 Å². The number of hydrogen-bond donors (Lipinski definition) is 0. The molecule has 2 bridgehead atoms. The van der Waals surface area contributed by atoms with E-state index in [0.717, 1.165) is 12.0 Å². The molecule has 1 aromatic carbocycles. The average molecular weight is 265 g/mol. The zero-order valence-electron chi connectivity index (χ0n) is 11.1. The SMILES string of the molecule is [2H][C@@H]1[C@H](OS(=O)(=O)c2ccc(C)cc2)[C@H]2C=C[C@@H]1C2. The molecule has 0 N–H and O–H groups in total. The van der Waals surface area contributed by atoms with E-state index in [9.17, 15) is 8.42 Å². The lowest BCUT2D eigenvalue weighted by molar-refractivity contribution is 0.182. The Morgan fingerprint density at radius 1 is 1.28 bits per heavy atom. The lowest BCUT2D eigenvalue weighted by atomic mass is 10.1. The van der Waals surface area contributed by atoms with Gasteiger partial charge in [0, 0.05) is 7.29 Å². The van der Waals surface area contributed by atoms with Crippen molar-refractivity contribution in [1.29, 1.82) is 0 Å². The van der Waals surface area contributed by atoms with E-state index in [0.29, 0.717) is 0 Å². The summed E-state index contributed by atoms with van der Waals surface area (Å²) in [7, 11) is -3.77. The van der Waals surface area contributed by atoms with Crippen molar-refractivity contribution in [3.8, 4) is 0 Å². The van der Waals surface area contributed by atoms with Crippen LogP contribution < -0.4 is 0 Å². The van der Waals surface area contributed by atoms with Crippen LogP contribution in [0.25, 0.3) is 0 Å². The smallest absolute Gasteiger partial charge is 0.262 e. The van der Waals surface area contributed by atoms with Gasteiger partial charge in [0.05, 0.1) is 11.0 Å². The summed E-state index contributed by atoms with van der Waals surface area (Å²) < 4.78 is 37.7. The van der Waals surface area contributed by atoms with Gasteiger partial charge in [0.2, 0.25) is 0 Å². The minimum atomic E-state index is -3.77. The first-order chi connectivity index (χ1) is 8.97. The molecular formula is C14H16O3S. The Hall–Kier alpha value is -1.13. The van der Waals surface area contributed by atoms with Crippen molar-refractivity contribution < 1.29 is 14.0 Å². The molecule has 4 heteroatoms. The first kappa shape index (κ1) is 10.8. The highest BCUT2D eigenvalue weighted by atomic mass is 32.2. The highest BCUT2D eigenvalue weighted by Gasteiger charge is 2.39. The van der Waals surface area contributed by atoms with Gasteiger partial charge in [0.25, 0.3) is 10.1 Å². The van der Waals surface area contributed by atoms with Gasteiger partial charge < -0.3 is 0 Å². The van der Waals surface area contributed by atoms with Crippen LogP contribution >= 0.6 is 0 Å². The Morgan fingerprint density at radius 3 is 2.61 bits per heavy atom. The zero-order chi connectivity index (χ0) is 13.6. The Labute approximate surface area is 109 Å². The van der Waals surface area contributed by atoms with Gasteiger partial charge in [0.15, 0.2) is 0 Å². The molecule has 96 valence electrons. The second kappa shape index (κ2) is 4.21. The summed E-state index contributed by atoms with van der Waals surface area (Å²) in [6, 6.07) is 6.59. The fourth-order valence-corrected chi connectivity index (χ4v) is 3.62. The molecular weight excluding hydrogens is 248 g/mol. The summed E-state index contributed by atoms with van der Waals surface area (Å²) in [4.78, 5) is 0.164. The van der Waals surface area contributed by atoms with Crippen LogP contribution in [-0.4, -0.2) is 14.5 Å². The van der Waals surface area contributed by atoms with Gasteiger partial charge in [-0.15, -0.1) is 0 Å². The Bertz CT molecular complexity index is 606. The van der Waals surface area contributed by atoms with E-state index in [2.05, 4.69) is 0 Å². The van der Waals surface area contributed by atoms with E-state index in [4.69, 9.17) is 5.55 Å². The molecule has 18 heavy (non-hydrogen) atoms. The van der Waals surface area contributed by atoms with Crippen LogP contribution in [0.1, 0.15) is 19.8 Å². The van der Waals surface area contributed by atoms with Gasteiger partial charge >= 0.3 is 0 Å². The van der Waals surface area contributed by atoms with Crippen LogP contribution in [0, 0.1) is 18.8 Å². The molecule has 0 unspecified atom stereocenters. The third-order valence-electron chi connectivity index (χ3n) is 3.56. The topological polar surface area (TPSA) is 43.4 Å². The van der Waals surface area contributed by atoms with Crippen molar-refractivity contribution >= 4 is 10.1 Å². The maximum absolute atomic E-state index is 12.2. The number of fused-ring (bicyclic) bond motifs is 2. The van der Waals surface area contributed by atoms with Crippen molar-refractivity contribution in [3.05, 3.63) is 42.0 Å². The van der Waals surface area contributed by atoms with Crippen molar-refractivity contribution in [2.75, 3.05) is 0 Å². The number of rotatable bonds is 3. The molecule has 1 fully saturated rings. The molecule has 4 atom stereocenters. The van der Waals surface area contributed by atoms with Crippen molar-refractivity contribution in [1.82, 2.24) is 0 Å². The van der Waals surface area contributed by atoms with E-state index in [1.165, 1.54) is 0 Å². The predicted octanol–water partition coefficient (Wildman–Crippen LogP) is 2.66. The van der Waals surface area contributed by atoms with Crippen molar-refractivity contribution in [3.63, 3.8) is 0 Å². The Morgan fingerprint density at radius 2 is 2.00 bits per heavy atom. The standard InChI is InChI=1S/C14H16O3S/c1-10-2-6-13(7-3-10)18(15,16)17-14-9-11-4-5-12(14)8-11/h2-7,11-12,14H,8-9H2,1H3/t11-,12+,14+/m1/s1/i9D/t9-,11+,12-,14-/m0. The fourth-order valence-electron chi connectivity index (χ4n) is 2.54. The molecule has 0 spiro atoms. The van der Waals surface area contributed by atoms with E-state index >= 15 is 0 Å². The summed E-state index contributed by atoms with van der Waals surface area (Å²) in [5.41, 5.74) is 1.00. The maximum atomic E-state index is 12.2. The van der Waals surface area contributed by atoms with Crippen LogP contribution in [0.2, 0.25) is 0 Å². The summed E-state index contributed by atoms with van der Waals surface area (Å²) in [6.45, 7) is 1.90. The van der Waals surface area contributed by atoms with E-state index in [1.54, 1.807) is 24.3 Å². The molecule has 0 aromatic heterocycles. The molecule has 2 aliphatic rings. The maximum Gasteiger partial charge on any atom is 0.297 e. The van der Waals surface area contributed by atoms with Crippen LogP contribution in [-0.2, 0) is 14.3 Å². The quantitative estimate of drug-likeness (QED) is 0.623. The Kier molecular flexibility index (Phi) is 2.52. The van der Waals surface area contributed by atoms with Gasteiger partial charge in [0.1, 0.15) is 0 Å². The second-order valence-electron chi connectivity index (χ2n) is 4.97. The van der Waals surface area contributed by atoms with E-state index in [1.807, 2.05) is 19.1 Å². The summed E-state index contributed by atoms with van der Waals surface area (Å²) in [6.07, 6.45) is 3.80. The average Bonchev–Trinajstić information content (AvgIpc) is 2.93. The number of benzene rings is 1. The van der Waals surface area contributed by atoms with E-state index in [-0.39, 0.29) is 16.7 Å². The predicted molar refractivity (Wildman–Crippen MR) is 68.6 cm³/mol. The number of aryl methyl sites for hydroxylation is 1. The summed E-state index contributed by atoms with van der Waals surface area (Å²) in [5.74, 6) is 0.205. The molecule has 0 saturated heterocycles. The molecule has 1 aromatic rings. The first-order valence-corrected chi connectivity index (χ1v) is 7.49. The van der Waals surface area contributed by atoms with E-state index < -0.39 is 22.6 Å². The summed E-state index contributed by atoms with van der Waals surface area (Å²) >= 11 is 0. The molecule has 2 aliphatic carbocycles. The monoisotopic (exact) mass is 265 g/mol. The molecule has 3 nitrogen and oxygen atoms in total. The minimum absolute atomic E-state index is 0.0627. The van der Waals surface area contributed by atoms with Crippen molar-refractivity contribution in [2.24, 2.45) is 11.8 Å². The van der Waals surface area contributed by atoms with Crippen molar-refractivity contribution in [2.45, 2.75) is 30.7 Å². The van der Waals surface area contributed by atoms with Crippen LogP contribution in [0.15, 0.2) is 41.3 Å². The normalized spacial score (nSPS) is 34.8. The molecule has 0 aliphatic heterocycles. The van der Waals surface area contributed by atoms with Gasteiger partial charge in [-0.3, -0.25) is 4.18 Å². The lowest BCUT2D eigenvalue weighted by Crippen LogP contribution is -2.22. The van der Waals surface area contributed by atoms with Gasteiger partial charge in [-0.25, -0.2) is 0 Å². The lowest BCUT2D eigenvalue weighted by Gasteiger charge is -2.18. The molecule has 0 amide bonds.